The SMILES string of the molecule is [N-]=[N+]=NCCc1ccc(Cl)nc1. The van der Waals surface area contributed by atoms with Crippen LogP contribution in [0.5, 0.6) is 0 Å². The number of hydrogen-bond donors (Lipinski definition) is 0. The van der Waals surface area contributed by atoms with E-state index in [1.54, 1.807) is 12.3 Å². The highest BCUT2D eigenvalue weighted by atomic mass is 35.5. The monoisotopic (exact) mass is 182 g/mol. The summed E-state index contributed by atoms with van der Waals surface area (Å²) in [6.45, 7) is 0.458. The molecule has 0 aliphatic rings. The predicted molar refractivity (Wildman–Crippen MR) is 47.0 cm³/mol. The third kappa shape index (κ3) is 2.78. The van der Waals surface area contributed by atoms with Crippen LogP contribution in [0.25, 0.3) is 10.4 Å². The van der Waals surface area contributed by atoms with Crippen molar-refractivity contribution >= 4 is 11.6 Å². The average molecular weight is 183 g/mol. The summed E-state index contributed by atoms with van der Waals surface area (Å²) < 4.78 is 0. The average Bonchev–Trinajstić information content (AvgIpc) is 2.09. The number of hydrogen-bond acceptors (Lipinski definition) is 2. The van der Waals surface area contributed by atoms with E-state index in [-0.39, 0.29) is 0 Å². The molecule has 1 aromatic heterocycles. The van der Waals surface area contributed by atoms with Crippen molar-refractivity contribution in [3.8, 4) is 0 Å². The van der Waals surface area contributed by atoms with E-state index < -0.39 is 0 Å². The van der Waals surface area contributed by atoms with Gasteiger partial charge in [-0.2, -0.15) is 0 Å². The van der Waals surface area contributed by atoms with Crippen LogP contribution in [0.15, 0.2) is 23.4 Å². The normalized spacial score (nSPS) is 9.08. The zero-order chi connectivity index (χ0) is 8.81. The van der Waals surface area contributed by atoms with Gasteiger partial charge in [-0.15, -0.1) is 0 Å². The zero-order valence-corrected chi connectivity index (χ0v) is 7.07. The van der Waals surface area contributed by atoms with Crippen molar-refractivity contribution in [2.75, 3.05) is 6.54 Å². The summed E-state index contributed by atoms with van der Waals surface area (Å²) in [5, 5.41) is 3.88. The first kappa shape index (κ1) is 8.84. The van der Waals surface area contributed by atoms with E-state index in [1.807, 2.05) is 6.07 Å². The molecule has 0 saturated heterocycles. The van der Waals surface area contributed by atoms with Gasteiger partial charge < -0.3 is 0 Å². The second kappa shape index (κ2) is 4.59. The Hall–Kier alpha value is -1.25. The van der Waals surface area contributed by atoms with Gasteiger partial charge in [-0.3, -0.25) is 0 Å². The van der Waals surface area contributed by atoms with Crippen LogP contribution in [-0.2, 0) is 6.42 Å². The summed E-state index contributed by atoms with van der Waals surface area (Å²) in [5.74, 6) is 0. The van der Waals surface area contributed by atoms with Crippen molar-refractivity contribution in [1.29, 1.82) is 0 Å². The fourth-order valence-electron chi connectivity index (χ4n) is 0.778. The second-order valence-corrected chi connectivity index (χ2v) is 2.58. The molecule has 0 N–H and O–H groups in total. The lowest BCUT2D eigenvalue weighted by atomic mass is 10.2. The van der Waals surface area contributed by atoms with Gasteiger partial charge in [0, 0.05) is 17.7 Å². The van der Waals surface area contributed by atoms with Crippen molar-refractivity contribution in [2.24, 2.45) is 5.11 Å². The van der Waals surface area contributed by atoms with Gasteiger partial charge in [-0.05, 0) is 23.6 Å². The molecule has 0 bridgehead atoms. The van der Waals surface area contributed by atoms with Gasteiger partial charge in [0.05, 0.1) is 0 Å². The lowest BCUT2D eigenvalue weighted by Gasteiger charge is -1.95. The minimum atomic E-state index is 0.458. The van der Waals surface area contributed by atoms with Gasteiger partial charge in [0.2, 0.25) is 0 Å². The molecule has 0 spiro atoms. The highest BCUT2D eigenvalue weighted by Crippen LogP contribution is 2.05. The van der Waals surface area contributed by atoms with Crippen LogP contribution in [-0.4, -0.2) is 11.5 Å². The number of aromatic nitrogens is 1. The van der Waals surface area contributed by atoms with Crippen LogP contribution >= 0.6 is 11.6 Å². The smallest absolute Gasteiger partial charge is 0.129 e. The third-order valence-electron chi connectivity index (χ3n) is 1.35. The molecule has 0 atom stereocenters. The van der Waals surface area contributed by atoms with E-state index in [9.17, 15) is 0 Å². The minimum absolute atomic E-state index is 0.458. The van der Waals surface area contributed by atoms with Crippen LogP contribution in [0.3, 0.4) is 0 Å². The number of halogens is 1. The summed E-state index contributed by atoms with van der Waals surface area (Å²) in [6, 6.07) is 3.58. The quantitative estimate of drug-likeness (QED) is 0.307. The van der Waals surface area contributed by atoms with Gasteiger partial charge in [0.15, 0.2) is 0 Å². The van der Waals surface area contributed by atoms with Gasteiger partial charge in [0.1, 0.15) is 5.15 Å². The predicted octanol–water partition coefficient (Wildman–Crippen LogP) is 2.59. The molecule has 0 saturated carbocycles. The van der Waals surface area contributed by atoms with E-state index in [0.29, 0.717) is 18.1 Å². The van der Waals surface area contributed by atoms with Crippen molar-refractivity contribution in [2.45, 2.75) is 6.42 Å². The fourth-order valence-corrected chi connectivity index (χ4v) is 0.890. The molecular weight excluding hydrogens is 176 g/mol. The van der Waals surface area contributed by atoms with Gasteiger partial charge in [0.25, 0.3) is 0 Å². The fraction of sp³-hybridized carbons (Fsp3) is 0.286. The van der Waals surface area contributed by atoms with Crippen molar-refractivity contribution < 1.29 is 0 Å². The molecule has 0 radical (unpaired) electrons. The molecule has 0 amide bonds. The third-order valence-corrected chi connectivity index (χ3v) is 1.58. The highest BCUT2D eigenvalue weighted by molar-refractivity contribution is 6.29. The van der Waals surface area contributed by atoms with Gasteiger partial charge in [-0.25, -0.2) is 4.98 Å². The van der Waals surface area contributed by atoms with Gasteiger partial charge >= 0.3 is 0 Å². The standard InChI is InChI=1S/C7H7ClN4/c8-7-2-1-6(5-10-7)3-4-11-12-9/h1-2,5H,3-4H2. The first-order valence-corrected chi connectivity index (χ1v) is 3.82. The molecule has 0 aliphatic heterocycles. The molecule has 4 nitrogen and oxygen atoms in total. The van der Waals surface area contributed by atoms with Crippen LogP contribution in [0.1, 0.15) is 5.56 Å². The van der Waals surface area contributed by atoms with Gasteiger partial charge in [-0.1, -0.05) is 22.8 Å². The Morgan fingerprint density at radius 3 is 3.00 bits per heavy atom. The lowest BCUT2D eigenvalue weighted by Crippen LogP contribution is -1.88. The van der Waals surface area contributed by atoms with E-state index in [4.69, 9.17) is 17.1 Å². The number of pyridine rings is 1. The maximum absolute atomic E-state index is 8.01. The summed E-state index contributed by atoms with van der Waals surface area (Å²) in [5.41, 5.74) is 9.03. The van der Waals surface area contributed by atoms with Crippen molar-refractivity contribution in [1.82, 2.24) is 4.98 Å². The summed E-state index contributed by atoms with van der Waals surface area (Å²) in [7, 11) is 0. The van der Waals surface area contributed by atoms with E-state index >= 15 is 0 Å². The van der Waals surface area contributed by atoms with Crippen LogP contribution in [0.2, 0.25) is 5.15 Å². The largest absolute Gasteiger partial charge is 0.244 e. The molecule has 62 valence electrons. The minimum Gasteiger partial charge on any atom is -0.244 e. The van der Waals surface area contributed by atoms with Crippen LogP contribution in [0.4, 0.5) is 0 Å². The Bertz CT molecular complexity index is 289. The van der Waals surface area contributed by atoms with E-state index in [0.717, 1.165) is 5.56 Å². The summed E-state index contributed by atoms with van der Waals surface area (Å²) in [6.07, 6.45) is 2.38. The number of rotatable bonds is 3. The topological polar surface area (TPSA) is 61.7 Å². The maximum atomic E-state index is 8.01. The molecule has 5 heteroatoms. The first-order chi connectivity index (χ1) is 5.83. The number of nitrogens with zero attached hydrogens (tertiary/aromatic N) is 4. The molecule has 0 aromatic carbocycles. The Morgan fingerprint density at radius 1 is 1.58 bits per heavy atom. The van der Waals surface area contributed by atoms with Crippen molar-refractivity contribution in [3.63, 3.8) is 0 Å². The Kier molecular flexibility index (Phi) is 3.38. The highest BCUT2D eigenvalue weighted by Gasteiger charge is 1.91. The summed E-state index contributed by atoms with van der Waals surface area (Å²) in [4.78, 5) is 6.54. The number of azide groups is 1. The Labute approximate surface area is 74.8 Å². The molecule has 0 unspecified atom stereocenters. The van der Waals surface area contributed by atoms with E-state index in [2.05, 4.69) is 15.0 Å². The molecule has 12 heavy (non-hydrogen) atoms. The zero-order valence-electron chi connectivity index (χ0n) is 6.31. The van der Waals surface area contributed by atoms with Crippen molar-refractivity contribution in [3.05, 3.63) is 39.5 Å². The van der Waals surface area contributed by atoms with Crippen LogP contribution in [0, 0.1) is 0 Å². The maximum Gasteiger partial charge on any atom is 0.129 e. The first-order valence-electron chi connectivity index (χ1n) is 3.44. The van der Waals surface area contributed by atoms with Crippen LogP contribution < -0.4 is 0 Å². The molecular formula is C7H7ClN4. The molecule has 1 aromatic rings. The second-order valence-electron chi connectivity index (χ2n) is 2.19. The molecule has 0 fully saturated rings. The Morgan fingerprint density at radius 2 is 2.42 bits per heavy atom. The molecule has 1 rings (SSSR count). The molecule has 1 heterocycles. The lowest BCUT2D eigenvalue weighted by molar-refractivity contribution is 0.947. The molecule has 0 aliphatic carbocycles. The van der Waals surface area contributed by atoms with E-state index in [1.165, 1.54) is 0 Å². The summed E-state index contributed by atoms with van der Waals surface area (Å²) >= 11 is 5.58. The Balaban J connectivity index is 2.53.